The third-order valence-electron chi connectivity index (χ3n) is 2.95. The molecule has 0 aliphatic heterocycles. The second-order valence-electron chi connectivity index (χ2n) is 4.66. The van der Waals surface area contributed by atoms with Gasteiger partial charge in [-0.2, -0.15) is 0 Å². The highest BCUT2D eigenvalue weighted by Gasteiger charge is 2.13. The number of benzene rings is 1. The molecule has 0 spiro atoms. The van der Waals surface area contributed by atoms with Crippen molar-refractivity contribution in [2.24, 2.45) is 0 Å². The highest BCUT2D eigenvalue weighted by molar-refractivity contribution is 6.29. The predicted octanol–water partition coefficient (Wildman–Crippen LogP) is 3.94. The molecule has 0 unspecified atom stereocenters. The first kappa shape index (κ1) is 14.6. The maximum Gasteiger partial charge on any atom is 0.164 e. The third-order valence-corrected chi connectivity index (χ3v) is 3.15. The van der Waals surface area contributed by atoms with Crippen LogP contribution in [0.15, 0.2) is 24.3 Å². The van der Waals surface area contributed by atoms with E-state index in [1.165, 1.54) is 0 Å². The summed E-state index contributed by atoms with van der Waals surface area (Å²) in [6.07, 6.45) is 0. The van der Waals surface area contributed by atoms with Crippen molar-refractivity contribution in [3.8, 4) is 22.9 Å². The van der Waals surface area contributed by atoms with Gasteiger partial charge in [-0.25, -0.2) is 9.97 Å². The summed E-state index contributed by atoms with van der Waals surface area (Å²) in [7, 11) is 3.23. The lowest BCUT2D eigenvalue weighted by Gasteiger charge is -2.12. The van der Waals surface area contributed by atoms with E-state index in [1.54, 1.807) is 20.3 Å². The Morgan fingerprint density at radius 2 is 1.80 bits per heavy atom. The molecule has 0 atom stereocenters. The molecule has 1 aromatic heterocycles. The largest absolute Gasteiger partial charge is 0.497 e. The van der Waals surface area contributed by atoms with Gasteiger partial charge in [0.1, 0.15) is 16.7 Å². The zero-order valence-corrected chi connectivity index (χ0v) is 12.7. The summed E-state index contributed by atoms with van der Waals surface area (Å²) in [6, 6.07) is 7.28. The van der Waals surface area contributed by atoms with Crippen molar-refractivity contribution in [1.82, 2.24) is 9.97 Å². The second-order valence-corrected chi connectivity index (χ2v) is 5.05. The fraction of sp³-hybridized carbons (Fsp3) is 0.333. The molecule has 2 aromatic rings. The highest BCUT2D eigenvalue weighted by atomic mass is 35.5. The van der Waals surface area contributed by atoms with E-state index in [0.29, 0.717) is 16.7 Å². The molecule has 5 heteroatoms. The molecule has 0 fully saturated rings. The zero-order chi connectivity index (χ0) is 14.7. The molecule has 0 aliphatic rings. The van der Waals surface area contributed by atoms with Gasteiger partial charge in [-0.1, -0.05) is 25.4 Å². The van der Waals surface area contributed by atoms with Crippen LogP contribution in [0, 0.1) is 0 Å². The van der Waals surface area contributed by atoms with Gasteiger partial charge in [-0.15, -0.1) is 0 Å². The molecule has 106 valence electrons. The van der Waals surface area contributed by atoms with Crippen LogP contribution in [0.3, 0.4) is 0 Å². The average molecular weight is 293 g/mol. The molecule has 0 saturated carbocycles. The molecule has 2 rings (SSSR count). The Balaban J connectivity index is 2.60. The summed E-state index contributed by atoms with van der Waals surface area (Å²) in [5.41, 5.74) is 1.65. The van der Waals surface area contributed by atoms with Crippen LogP contribution >= 0.6 is 11.6 Å². The number of hydrogen-bond acceptors (Lipinski definition) is 4. The van der Waals surface area contributed by atoms with E-state index in [9.17, 15) is 0 Å². The smallest absolute Gasteiger partial charge is 0.164 e. The van der Waals surface area contributed by atoms with Crippen molar-refractivity contribution in [2.75, 3.05) is 14.2 Å². The summed E-state index contributed by atoms with van der Waals surface area (Å²) < 4.78 is 10.6. The zero-order valence-electron chi connectivity index (χ0n) is 12.0. The van der Waals surface area contributed by atoms with Crippen molar-refractivity contribution in [1.29, 1.82) is 0 Å². The maximum absolute atomic E-state index is 6.09. The van der Waals surface area contributed by atoms with Crippen LogP contribution in [0.1, 0.15) is 25.5 Å². The second kappa shape index (κ2) is 6.09. The summed E-state index contributed by atoms with van der Waals surface area (Å²) >= 11 is 6.09. The van der Waals surface area contributed by atoms with Crippen LogP contribution in [-0.4, -0.2) is 24.2 Å². The molecule has 0 saturated heterocycles. The molecule has 1 aromatic carbocycles. The van der Waals surface area contributed by atoms with Gasteiger partial charge in [0.25, 0.3) is 0 Å². The first-order valence-electron chi connectivity index (χ1n) is 6.32. The number of nitrogens with zero attached hydrogens (tertiary/aromatic N) is 2. The minimum Gasteiger partial charge on any atom is -0.497 e. The van der Waals surface area contributed by atoms with Gasteiger partial charge in [0.05, 0.1) is 19.8 Å². The Morgan fingerprint density at radius 1 is 1.05 bits per heavy atom. The van der Waals surface area contributed by atoms with Gasteiger partial charge in [0, 0.05) is 5.69 Å². The number of aromatic nitrogens is 2. The van der Waals surface area contributed by atoms with E-state index in [1.807, 2.05) is 18.2 Å². The van der Waals surface area contributed by atoms with Crippen LogP contribution in [0.4, 0.5) is 0 Å². The Bertz CT molecular complexity index is 615. The maximum atomic E-state index is 6.09. The van der Waals surface area contributed by atoms with Gasteiger partial charge in [0.2, 0.25) is 0 Å². The number of ether oxygens (including phenoxy) is 2. The average Bonchev–Trinajstić information content (AvgIpc) is 2.45. The van der Waals surface area contributed by atoms with Crippen LogP contribution < -0.4 is 9.47 Å². The van der Waals surface area contributed by atoms with E-state index in [4.69, 9.17) is 21.1 Å². The SMILES string of the molecule is COc1ccc(OC)c(-c2nc(Cl)cc(C(C)C)n2)c1. The van der Waals surface area contributed by atoms with Gasteiger partial charge in [0.15, 0.2) is 5.82 Å². The summed E-state index contributed by atoms with van der Waals surface area (Å²) in [5.74, 6) is 2.21. The van der Waals surface area contributed by atoms with Gasteiger partial charge in [-0.3, -0.25) is 0 Å². The minimum absolute atomic E-state index is 0.269. The van der Waals surface area contributed by atoms with Crippen molar-refractivity contribution in [3.05, 3.63) is 35.1 Å². The molecular formula is C15H17ClN2O2. The quantitative estimate of drug-likeness (QED) is 0.801. The van der Waals surface area contributed by atoms with Crippen molar-refractivity contribution in [2.45, 2.75) is 19.8 Å². The van der Waals surface area contributed by atoms with Crippen LogP contribution in [0.2, 0.25) is 5.15 Å². The molecular weight excluding hydrogens is 276 g/mol. The van der Waals surface area contributed by atoms with Crippen LogP contribution in [0.5, 0.6) is 11.5 Å². The monoisotopic (exact) mass is 292 g/mol. The van der Waals surface area contributed by atoms with Gasteiger partial charge in [-0.05, 0) is 30.2 Å². The topological polar surface area (TPSA) is 44.2 Å². The molecule has 0 bridgehead atoms. The van der Waals surface area contributed by atoms with Crippen molar-refractivity contribution >= 4 is 11.6 Å². The normalized spacial score (nSPS) is 10.7. The molecule has 0 aliphatic carbocycles. The highest BCUT2D eigenvalue weighted by Crippen LogP contribution is 2.32. The lowest BCUT2D eigenvalue weighted by molar-refractivity contribution is 0.404. The van der Waals surface area contributed by atoms with Crippen LogP contribution in [-0.2, 0) is 0 Å². The van der Waals surface area contributed by atoms with E-state index in [2.05, 4.69) is 23.8 Å². The fourth-order valence-corrected chi connectivity index (χ4v) is 2.03. The Hall–Kier alpha value is -1.81. The number of methoxy groups -OCH3 is 2. The molecule has 20 heavy (non-hydrogen) atoms. The number of hydrogen-bond donors (Lipinski definition) is 0. The molecule has 0 amide bonds. The first-order valence-corrected chi connectivity index (χ1v) is 6.69. The van der Waals surface area contributed by atoms with E-state index < -0.39 is 0 Å². The Kier molecular flexibility index (Phi) is 4.45. The predicted molar refractivity (Wildman–Crippen MR) is 79.7 cm³/mol. The lowest BCUT2D eigenvalue weighted by atomic mass is 10.1. The van der Waals surface area contributed by atoms with E-state index >= 15 is 0 Å². The minimum atomic E-state index is 0.269. The summed E-state index contributed by atoms with van der Waals surface area (Å²) in [5, 5.41) is 0.420. The van der Waals surface area contributed by atoms with E-state index in [-0.39, 0.29) is 5.92 Å². The fourth-order valence-electron chi connectivity index (χ4n) is 1.84. The first-order chi connectivity index (χ1) is 9.55. The van der Waals surface area contributed by atoms with Crippen molar-refractivity contribution in [3.63, 3.8) is 0 Å². The summed E-state index contributed by atoms with van der Waals surface area (Å²) in [6.45, 7) is 4.12. The Labute approximate surface area is 123 Å². The van der Waals surface area contributed by atoms with Crippen LogP contribution in [0.25, 0.3) is 11.4 Å². The number of rotatable bonds is 4. The van der Waals surface area contributed by atoms with Gasteiger partial charge < -0.3 is 9.47 Å². The third kappa shape index (κ3) is 3.02. The lowest BCUT2D eigenvalue weighted by Crippen LogP contribution is -2.00. The van der Waals surface area contributed by atoms with E-state index in [0.717, 1.165) is 17.0 Å². The molecule has 0 N–H and O–H groups in total. The number of halogens is 1. The Morgan fingerprint density at radius 3 is 2.40 bits per heavy atom. The molecule has 1 heterocycles. The van der Waals surface area contributed by atoms with Gasteiger partial charge >= 0.3 is 0 Å². The molecule has 0 radical (unpaired) electrons. The molecule has 4 nitrogen and oxygen atoms in total. The summed E-state index contributed by atoms with van der Waals surface area (Å²) in [4.78, 5) is 8.85. The standard InChI is InChI=1S/C15H17ClN2O2/c1-9(2)12-8-14(16)18-15(17-12)11-7-10(19-3)5-6-13(11)20-4/h5-9H,1-4H3. The van der Waals surface area contributed by atoms with Crippen molar-refractivity contribution < 1.29 is 9.47 Å².